The first-order valence-electron chi connectivity index (χ1n) is 5.42. The molecule has 0 fully saturated rings. The molecule has 2 aromatic rings. The van der Waals surface area contributed by atoms with Gasteiger partial charge in [-0.1, -0.05) is 24.3 Å². The number of rotatable bonds is 2. The van der Waals surface area contributed by atoms with E-state index in [0.29, 0.717) is 16.9 Å². The first-order valence-corrected chi connectivity index (χ1v) is 5.42. The number of benzene rings is 1. The van der Waals surface area contributed by atoms with Gasteiger partial charge in [0, 0.05) is 11.8 Å². The fraction of sp³-hybridized carbons (Fsp3) is 0.143. The average molecular weight is 226 g/mol. The van der Waals surface area contributed by atoms with Gasteiger partial charge in [0.1, 0.15) is 5.82 Å². The van der Waals surface area contributed by atoms with Gasteiger partial charge in [-0.25, -0.2) is 4.98 Å². The summed E-state index contributed by atoms with van der Waals surface area (Å²) in [6, 6.07) is 9.27. The number of aromatic nitrogens is 1. The van der Waals surface area contributed by atoms with Crippen molar-refractivity contribution < 1.29 is 4.79 Å². The number of anilines is 1. The summed E-state index contributed by atoms with van der Waals surface area (Å²) < 4.78 is 0. The standard InChI is InChI=1S/C14H14N2O/c1-9-5-3-4-6-11(9)13(17)12-10(2)7-8-16-14(12)15/h3-8H,1-2H3,(H2,15,16). The van der Waals surface area contributed by atoms with Crippen molar-refractivity contribution >= 4 is 11.6 Å². The van der Waals surface area contributed by atoms with E-state index in [1.54, 1.807) is 12.3 Å². The highest BCUT2D eigenvalue weighted by Gasteiger charge is 2.16. The third kappa shape index (κ3) is 2.04. The number of ketones is 1. The molecule has 0 amide bonds. The van der Waals surface area contributed by atoms with Crippen LogP contribution >= 0.6 is 0 Å². The zero-order chi connectivity index (χ0) is 12.4. The molecule has 0 saturated heterocycles. The maximum Gasteiger partial charge on any atom is 0.197 e. The summed E-state index contributed by atoms with van der Waals surface area (Å²) in [4.78, 5) is 16.4. The maximum absolute atomic E-state index is 12.4. The number of nitrogens with two attached hydrogens (primary N) is 1. The van der Waals surface area contributed by atoms with E-state index < -0.39 is 0 Å². The van der Waals surface area contributed by atoms with Gasteiger partial charge in [0.2, 0.25) is 0 Å². The quantitative estimate of drug-likeness (QED) is 0.800. The Morgan fingerprint density at radius 3 is 2.47 bits per heavy atom. The second-order valence-corrected chi connectivity index (χ2v) is 4.03. The highest BCUT2D eigenvalue weighted by molar-refractivity contribution is 6.13. The number of aryl methyl sites for hydroxylation is 2. The summed E-state index contributed by atoms with van der Waals surface area (Å²) >= 11 is 0. The Labute approximate surface area is 100 Å². The summed E-state index contributed by atoms with van der Waals surface area (Å²) in [5.41, 5.74) is 8.75. The molecule has 3 heteroatoms. The van der Waals surface area contributed by atoms with E-state index in [2.05, 4.69) is 4.98 Å². The van der Waals surface area contributed by atoms with Crippen molar-refractivity contribution in [2.75, 3.05) is 5.73 Å². The van der Waals surface area contributed by atoms with Gasteiger partial charge in [0.15, 0.2) is 5.78 Å². The minimum absolute atomic E-state index is 0.0637. The maximum atomic E-state index is 12.4. The molecule has 1 aromatic heterocycles. The third-order valence-corrected chi connectivity index (χ3v) is 2.81. The molecule has 0 spiro atoms. The first kappa shape index (κ1) is 11.3. The molecule has 3 nitrogen and oxygen atoms in total. The lowest BCUT2D eigenvalue weighted by atomic mass is 9.97. The summed E-state index contributed by atoms with van der Waals surface area (Å²) in [6.45, 7) is 3.78. The molecule has 2 rings (SSSR count). The zero-order valence-corrected chi connectivity index (χ0v) is 9.90. The van der Waals surface area contributed by atoms with Crippen molar-refractivity contribution in [2.45, 2.75) is 13.8 Å². The highest BCUT2D eigenvalue weighted by atomic mass is 16.1. The van der Waals surface area contributed by atoms with E-state index >= 15 is 0 Å². The SMILES string of the molecule is Cc1ccccc1C(=O)c1c(C)ccnc1N. The second-order valence-electron chi connectivity index (χ2n) is 4.03. The third-order valence-electron chi connectivity index (χ3n) is 2.81. The number of nitrogen functional groups attached to an aromatic ring is 1. The topological polar surface area (TPSA) is 56.0 Å². The van der Waals surface area contributed by atoms with E-state index in [9.17, 15) is 4.79 Å². The Bertz CT molecular complexity index is 556. The van der Waals surface area contributed by atoms with E-state index in [4.69, 9.17) is 5.73 Å². The van der Waals surface area contributed by atoms with Crippen LogP contribution in [0, 0.1) is 13.8 Å². The van der Waals surface area contributed by atoms with Crippen LogP contribution in [0.1, 0.15) is 27.0 Å². The normalized spacial score (nSPS) is 10.2. The molecule has 0 aliphatic heterocycles. The average Bonchev–Trinajstić information content (AvgIpc) is 2.29. The summed E-state index contributed by atoms with van der Waals surface area (Å²) in [5.74, 6) is 0.226. The molecule has 17 heavy (non-hydrogen) atoms. The summed E-state index contributed by atoms with van der Waals surface area (Å²) in [7, 11) is 0. The van der Waals surface area contributed by atoms with Crippen molar-refractivity contribution in [3.8, 4) is 0 Å². The predicted molar refractivity (Wildman–Crippen MR) is 68.0 cm³/mol. The molecule has 0 radical (unpaired) electrons. The van der Waals surface area contributed by atoms with Crippen molar-refractivity contribution in [1.29, 1.82) is 0 Å². The molecule has 0 aliphatic carbocycles. The van der Waals surface area contributed by atoms with Crippen LogP contribution < -0.4 is 5.73 Å². The number of hydrogen-bond donors (Lipinski definition) is 1. The van der Waals surface area contributed by atoms with Gasteiger partial charge in [-0.15, -0.1) is 0 Å². The molecule has 86 valence electrons. The number of hydrogen-bond acceptors (Lipinski definition) is 3. The molecule has 0 atom stereocenters. The largest absolute Gasteiger partial charge is 0.383 e. The molecular formula is C14H14N2O. The van der Waals surface area contributed by atoms with Gasteiger partial charge in [0.25, 0.3) is 0 Å². The molecule has 0 bridgehead atoms. The Morgan fingerprint density at radius 1 is 1.12 bits per heavy atom. The lowest BCUT2D eigenvalue weighted by Crippen LogP contribution is -2.10. The van der Waals surface area contributed by atoms with Crippen LogP contribution in [0.3, 0.4) is 0 Å². The predicted octanol–water partition coefficient (Wildman–Crippen LogP) is 2.51. The summed E-state index contributed by atoms with van der Waals surface area (Å²) in [5, 5.41) is 0. The molecule has 2 N–H and O–H groups in total. The van der Waals surface area contributed by atoms with E-state index in [0.717, 1.165) is 11.1 Å². The fourth-order valence-electron chi connectivity index (χ4n) is 1.84. The number of nitrogens with zero attached hydrogens (tertiary/aromatic N) is 1. The molecular weight excluding hydrogens is 212 g/mol. The first-order chi connectivity index (χ1) is 8.11. The van der Waals surface area contributed by atoms with E-state index in [1.165, 1.54) is 0 Å². The van der Waals surface area contributed by atoms with Gasteiger partial charge in [0.05, 0.1) is 5.56 Å². The zero-order valence-electron chi connectivity index (χ0n) is 9.90. The van der Waals surface area contributed by atoms with Gasteiger partial charge < -0.3 is 5.73 Å². The van der Waals surface area contributed by atoms with Gasteiger partial charge >= 0.3 is 0 Å². The van der Waals surface area contributed by atoms with Crippen molar-refractivity contribution in [3.05, 3.63) is 58.8 Å². The summed E-state index contributed by atoms with van der Waals surface area (Å²) in [6.07, 6.45) is 1.61. The monoisotopic (exact) mass is 226 g/mol. The Hall–Kier alpha value is -2.16. The Balaban J connectivity index is 2.56. The van der Waals surface area contributed by atoms with Crippen LogP contribution in [-0.2, 0) is 0 Å². The van der Waals surface area contributed by atoms with Crippen molar-refractivity contribution in [1.82, 2.24) is 4.98 Å². The highest BCUT2D eigenvalue weighted by Crippen LogP contribution is 2.20. The van der Waals surface area contributed by atoms with E-state index in [1.807, 2.05) is 38.1 Å². The minimum Gasteiger partial charge on any atom is -0.383 e. The van der Waals surface area contributed by atoms with Gasteiger partial charge in [-0.2, -0.15) is 0 Å². The van der Waals surface area contributed by atoms with E-state index in [-0.39, 0.29) is 5.78 Å². The number of carbonyl (C=O) groups is 1. The van der Waals surface area contributed by atoms with Crippen LogP contribution in [0.25, 0.3) is 0 Å². The van der Waals surface area contributed by atoms with Crippen LogP contribution in [-0.4, -0.2) is 10.8 Å². The molecule has 1 aromatic carbocycles. The van der Waals surface area contributed by atoms with Gasteiger partial charge in [-0.05, 0) is 31.0 Å². The van der Waals surface area contributed by atoms with Crippen LogP contribution in [0.2, 0.25) is 0 Å². The fourth-order valence-corrected chi connectivity index (χ4v) is 1.84. The van der Waals surface area contributed by atoms with Crippen molar-refractivity contribution in [3.63, 3.8) is 0 Å². The van der Waals surface area contributed by atoms with Crippen LogP contribution in [0.15, 0.2) is 36.5 Å². The molecule has 1 heterocycles. The molecule has 0 unspecified atom stereocenters. The number of carbonyl (C=O) groups excluding carboxylic acids is 1. The lowest BCUT2D eigenvalue weighted by molar-refractivity contribution is 0.103. The van der Waals surface area contributed by atoms with Crippen molar-refractivity contribution in [2.24, 2.45) is 0 Å². The Kier molecular flexibility index (Phi) is 2.91. The van der Waals surface area contributed by atoms with Crippen LogP contribution in [0.4, 0.5) is 5.82 Å². The number of pyridine rings is 1. The second kappa shape index (κ2) is 4.37. The van der Waals surface area contributed by atoms with Gasteiger partial charge in [-0.3, -0.25) is 4.79 Å². The smallest absolute Gasteiger partial charge is 0.197 e. The molecule has 0 saturated carbocycles. The van der Waals surface area contributed by atoms with Crippen LogP contribution in [0.5, 0.6) is 0 Å². The molecule has 0 aliphatic rings. The Morgan fingerprint density at radius 2 is 1.82 bits per heavy atom. The lowest BCUT2D eigenvalue weighted by Gasteiger charge is -2.09. The minimum atomic E-state index is -0.0637.